The number of hydrogen-bond donors (Lipinski definition) is 0. The molecule has 0 aliphatic heterocycles. The number of aryl methyl sites for hydroxylation is 3. The molecule has 1 saturated carbocycles. The molecule has 2 heterocycles. The van der Waals surface area contributed by atoms with Crippen molar-refractivity contribution in [3.8, 4) is 0 Å². The summed E-state index contributed by atoms with van der Waals surface area (Å²) in [6, 6.07) is 0. The number of rotatable bonds is 5. The van der Waals surface area contributed by atoms with Gasteiger partial charge in [-0.05, 0) is 32.6 Å². The Labute approximate surface area is 118 Å². The fraction of sp³-hybridized carbons (Fsp3) is 0.714. The monoisotopic (exact) mass is 280 g/mol. The van der Waals surface area contributed by atoms with Crippen LogP contribution in [0.15, 0.2) is 0 Å². The molecule has 1 aliphatic carbocycles. The van der Waals surface area contributed by atoms with Gasteiger partial charge < -0.3 is 4.57 Å². The Kier molecular flexibility index (Phi) is 3.29. The van der Waals surface area contributed by atoms with Crippen molar-refractivity contribution < 1.29 is 0 Å². The van der Waals surface area contributed by atoms with E-state index in [1.54, 1.807) is 0 Å². The molecular formula is C14H21ClN4. The standard InChI is InChI=1S/C14H21ClN4/c1-9(15)13-16-12-10(2)17-18(3)14(12)19(13)8-4-5-11-6-7-11/h9,11H,4-8H2,1-3H3. The summed E-state index contributed by atoms with van der Waals surface area (Å²) >= 11 is 6.28. The summed E-state index contributed by atoms with van der Waals surface area (Å²) in [6.45, 7) is 4.99. The maximum absolute atomic E-state index is 6.28. The lowest BCUT2D eigenvalue weighted by molar-refractivity contribution is 0.558. The quantitative estimate of drug-likeness (QED) is 0.785. The van der Waals surface area contributed by atoms with Crippen LogP contribution in [-0.2, 0) is 13.6 Å². The molecule has 3 rings (SSSR count). The van der Waals surface area contributed by atoms with Crippen molar-refractivity contribution in [3.63, 3.8) is 0 Å². The maximum atomic E-state index is 6.28. The van der Waals surface area contributed by atoms with Crippen LogP contribution in [0, 0.1) is 12.8 Å². The third kappa shape index (κ3) is 2.38. The lowest BCUT2D eigenvalue weighted by Gasteiger charge is -2.10. The van der Waals surface area contributed by atoms with Crippen molar-refractivity contribution in [2.75, 3.05) is 0 Å². The van der Waals surface area contributed by atoms with E-state index < -0.39 is 0 Å². The molecule has 19 heavy (non-hydrogen) atoms. The molecule has 0 N–H and O–H groups in total. The van der Waals surface area contributed by atoms with Crippen LogP contribution in [0.4, 0.5) is 0 Å². The zero-order valence-electron chi connectivity index (χ0n) is 11.9. The maximum Gasteiger partial charge on any atom is 0.158 e. The minimum absolute atomic E-state index is 0.0623. The van der Waals surface area contributed by atoms with Gasteiger partial charge in [-0.2, -0.15) is 5.10 Å². The molecule has 0 radical (unpaired) electrons. The summed E-state index contributed by atoms with van der Waals surface area (Å²) in [4.78, 5) is 4.69. The Morgan fingerprint density at radius 1 is 1.42 bits per heavy atom. The third-order valence-electron chi connectivity index (χ3n) is 3.97. The Bertz CT molecular complexity index is 592. The normalized spacial score (nSPS) is 17.3. The van der Waals surface area contributed by atoms with Crippen molar-refractivity contribution in [2.45, 2.75) is 51.5 Å². The fourth-order valence-electron chi connectivity index (χ4n) is 2.82. The van der Waals surface area contributed by atoms with E-state index >= 15 is 0 Å². The molecule has 4 nitrogen and oxygen atoms in total. The molecule has 2 aromatic heterocycles. The topological polar surface area (TPSA) is 35.6 Å². The molecule has 104 valence electrons. The second-order valence-corrected chi connectivity index (χ2v) is 6.36. The zero-order chi connectivity index (χ0) is 13.6. The fourth-order valence-corrected chi connectivity index (χ4v) is 2.99. The summed E-state index contributed by atoms with van der Waals surface area (Å²) in [5.74, 6) is 1.95. The van der Waals surface area contributed by atoms with Gasteiger partial charge in [0.25, 0.3) is 0 Å². The smallest absolute Gasteiger partial charge is 0.158 e. The number of nitrogens with zero attached hydrogens (tertiary/aromatic N) is 4. The molecule has 0 bridgehead atoms. The number of imidazole rings is 1. The number of hydrogen-bond acceptors (Lipinski definition) is 2. The van der Waals surface area contributed by atoms with Gasteiger partial charge in [0.1, 0.15) is 11.3 Å². The number of aromatic nitrogens is 4. The van der Waals surface area contributed by atoms with E-state index in [1.165, 1.54) is 25.7 Å². The molecule has 1 atom stereocenters. The molecule has 0 saturated heterocycles. The van der Waals surface area contributed by atoms with E-state index in [-0.39, 0.29) is 5.38 Å². The molecule has 1 fully saturated rings. The van der Waals surface area contributed by atoms with E-state index in [0.29, 0.717) is 0 Å². The van der Waals surface area contributed by atoms with E-state index in [2.05, 4.69) is 9.67 Å². The summed E-state index contributed by atoms with van der Waals surface area (Å²) in [7, 11) is 1.98. The van der Waals surface area contributed by atoms with Crippen LogP contribution in [-0.4, -0.2) is 19.3 Å². The highest BCUT2D eigenvalue weighted by atomic mass is 35.5. The van der Waals surface area contributed by atoms with E-state index in [1.807, 2.05) is 25.6 Å². The Balaban J connectivity index is 1.94. The van der Waals surface area contributed by atoms with Crippen molar-refractivity contribution in [2.24, 2.45) is 13.0 Å². The Morgan fingerprint density at radius 3 is 2.79 bits per heavy atom. The van der Waals surface area contributed by atoms with Crippen molar-refractivity contribution in [1.29, 1.82) is 0 Å². The van der Waals surface area contributed by atoms with Crippen molar-refractivity contribution in [3.05, 3.63) is 11.5 Å². The zero-order valence-corrected chi connectivity index (χ0v) is 12.6. The molecule has 0 aromatic carbocycles. The Morgan fingerprint density at radius 2 is 2.16 bits per heavy atom. The average Bonchev–Trinajstić information content (AvgIpc) is 3.00. The average molecular weight is 281 g/mol. The lowest BCUT2D eigenvalue weighted by atomic mass is 10.2. The van der Waals surface area contributed by atoms with Gasteiger partial charge >= 0.3 is 0 Å². The predicted molar refractivity (Wildman–Crippen MR) is 77.5 cm³/mol. The van der Waals surface area contributed by atoms with Gasteiger partial charge in [0, 0.05) is 13.6 Å². The van der Waals surface area contributed by atoms with E-state index in [0.717, 1.165) is 35.1 Å². The number of alkyl halides is 1. The molecule has 0 amide bonds. The van der Waals surface area contributed by atoms with Crippen LogP contribution in [0.25, 0.3) is 11.2 Å². The molecule has 0 spiro atoms. The van der Waals surface area contributed by atoms with E-state index in [9.17, 15) is 0 Å². The molecule has 1 unspecified atom stereocenters. The molecule has 2 aromatic rings. The van der Waals surface area contributed by atoms with Gasteiger partial charge in [0.05, 0.1) is 11.1 Å². The van der Waals surface area contributed by atoms with Gasteiger partial charge in [-0.3, -0.25) is 4.68 Å². The summed E-state index contributed by atoms with van der Waals surface area (Å²) in [6.07, 6.45) is 5.37. The first-order chi connectivity index (χ1) is 9.08. The highest BCUT2D eigenvalue weighted by molar-refractivity contribution is 6.20. The first kappa shape index (κ1) is 13.0. The van der Waals surface area contributed by atoms with Crippen LogP contribution >= 0.6 is 11.6 Å². The lowest BCUT2D eigenvalue weighted by Crippen LogP contribution is -2.08. The second-order valence-electron chi connectivity index (χ2n) is 5.70. The van der Waals surface area contributed by atoms with Crippen LogP contribution in [0.3, 0.4) is 0 Å². The summed E-state index contributed by atoms with van der Waals surface area (Å²) in [5, 5.41) is 4.39. The van der Waals surface area contributed by atoms with Gasteiger partial charge in [0.15, 0.2) is 5.65 Å². The van der Waals surface area contributed by atoms with Gasteiger partial charge in [-0.1, -0.05) is 12.8 Å². The first-order valence-electron chi connectivity index (χ1n) is 7.11. The highest BCUT2D eigenvalue weighted by Gasteiger charge is 2.22. The van der Waals surface area contributed by atoms with Crippen molar-refractivity contribution in [1.82, 2.24) is 19.3 Å². The first-order valence-corrected chi connectivity index (χ1v) is 7.55. The highest BCUT2D eigenvalue weighted by Crippen LogP contribution is 2.34. The van der Waals surface area contributed by atoms with Gasteiger partial charge in [0.2, 0.25) is 0 Å². The number of fused-ring (bicyclic) bond motifs is 1. The minimum atomic E-state index is -0.0623. The van der Waals surface area contributed by atoms with Crippen LogP contribution in [0.5, 0.6) is 0 Å². The van der Waals surface area contributed by atoms with Crippen LogP contribution in [0.2, 0.25) is 0 Å². The van der Waals surface area contributed by atoms with Crippen LogP contribution in [0.1, 0.15) is 49.5 Å². The largest absolute Gasteiger partial charge is 0.312 e. The predicted octanol–water partition coefficient (Wildman–Crippen LogP) is 3.57. The van der Waals surface area contributed by atoms with Gasteiger partial charge in [-0.15, -0.1) is 11.6 Å². The third-order valence-corrected chi connectivity index (χ3v) is 4.16. The van der Waals surface area contributed by atoms with E-state index in [4.69, 9.17) is 16.6 Å². The van der Waals surface area contributed by atoms with Crippen LogP contribution < -0.4 is 0 Å². The minimum Gasteiger partial charge on any atom is -0.312 e. The van der Waals surface area contributed by atoms with Gasteiger partial charge in [-0.25, -0.2) is 4.98 Å². The molecule has 1 aliphatic rings. The second kappa shape index (κ2) is 4.82. The molecular weight excluding hydrogens is 260 g/mol. The Hall–Kier alpha value is -1.03. The van der Waals surface area contributed by atoms with Crippen molar-refractivity contribution >= 4 is 22.8 Å². The molecule has 5 heteroatoms. The summed E-state index contributed by atoms with van der Waals surface area (Å²) in [5.41, 5.74) is 3.09. The number of halogens is 1. The SMILES string of the molecule is Cc1nn(C)c2c1nc(C(C)Cl)n2CCCC1CC1. The summed E-state index contributed by atoms with van der Waals surface area (Å²) < 4.78 is 4.19.